The second kappa shape index (κ2) is 53.5. The molecule has 65 heavy (non-hydrogen) atoms. The molecule has 0 radical (unpaired) electrons. The van der Waals surface area contributed by atoms with Crippen molar-refractivity contribution in [2.45, 2.75) is 271 Å². The van der Waals surface area contributed by atoms with Crippen LogP contribution < -0.4 is 0 Å². The predicted octanol–water partition coefficient (Wildman–Crippen LogP) is 18.2. The average Bonchev–Trinajstić information content (AvgIpc) is 3.30. The zero-order valence-corrected chi connectivity index (χ0v) is 42.7. The topological polar surface area (TPSA) is 78.9 Å². The Labute approximate surface area is 402 Å². The normalized spacial score (nSPS) is 12.6. The van der Waals surface area contributed by atoms with E-state index in [9.17, 15) is 14.4 Å². The Morgan fingerprint density at radius 1 is 0.338 bits per heavy atom. The van der Waals surface area contributed by atoms with Crippen LogP contribution in [0.4, 0.5) is 0 Å². The van der Waals surface area contributed by atoms with E-state index in [0.717, 1.165) is 96.3 Å². The fourth-order valence-corrected chi connectivity index (χ4v) is 7.56. The van der Waals surface area contributed by atoms with Crippen LogP contribution in [0.3, 0.4) is 0 Å². The van der Waals surface area contributed by atoms with Gasteiger partial charge in [0.15, 0.2) is 6.10 Å². The highest BCUT2D eigenvalue weighted by molar-refractivity contribution is 5.71. The third-order valence-corrected chi connectivity index (χ3v) is 11.7. The van der Waals surface area contributed by atoms with Crippen LogP contribution in [0.25, 0.3) is 0 Å². The van der Waals surface area contributed by atoms with Crippen molar-refractivity contribution in [1.29, 1.82) is 0 Å². The summed E-state index contributed by atoms with van der Waals surface area (Å²) < 4.78 is 16.8. The zero-order valence-electron chi connectivity index (χ0n) is 42.7. The molecule has 0 aromatic carbocycles. The van der Waals surface area contributed by atoms with E-state index in [1.165, 1.54) is 128 Å². The Hall–Kier alpha value is -3.15. The summed E-state index contributed by atoms with van der Waals surface area (Å²) in [5.41, 5.74) is 0. The van der Waals surface area contributed by atoms with Gasteiger partial charge in [-0.1, -0.05) is 216 Å². The van der Waals surface area contributed by atoms with Crippen molar-refractivity contribution in [3.8, 4) is 0 Å². The molecule has 0 saturated heterocycles. The molecule has 0 rings (SSSR count). The molecule has 0 aliphatic carbocycles. The molecule has 0 bridgehead atoms. The number of rotatable bonds is 49. The highest BCUT2D eigenvalue weighted by atomic mass is 16.6. The lowest BCUT2D eigenvalue weighted by Crippen LogP contribution is -2.30. The molecule has 1 atom stereocenters. The SMILES string of the molecule is CC/C=C\C/C=C\C/C=C\CCCCCCCCC(=O)OCC(COC(=O)CCCCCCCCC/C=C\CCCCCC)OC(=O)CCCCC/C=C\C=C/CCCCCCCCC. The maximum absolute atomic E-state index is 12.8. The van der Waals surface area contributed by atoms with Crippen LogP contribution in [-0.2, 0) is 28.6 Å². The van der Waals surface area contributed by atoms with Crippen LogP contribution in [0.5, 0.6) is 0 Å². The summed E-state index contributed by atoms with van der Waals surface area (Å²) in [6.07, 6.45) is 67.4. The van der Waals surface area contributed by atoms with Gasteiger partial charge in [0, 0.05) is 19.3 Å². The quantitative estimate of drug-likeness (QED) is 0.0199. The number of hydrogen-bond acceptors (Lipinski definition) is 6. The van der Waals surface area contributed by atoms with Gasteiger partial charge in [-0.2, -0.15) is 0 Å². The molecule has 0 aromatic rings. The molecule has 0 aliphatic rings. The van der Waals surface area contributed by atoms with Gasteiger partial charge in [-0.25, -0.2) is 0 Å². The largest absolute Gasteiger partial charge is 0.462 e. The van der Waals surface area contributed by atoms with Gasteiger partial charge >= 0.3 is 17.9 Å². The molecule has 0 fully saturated rings. The average molecular weight is 907 g/mol. The first kappa shape index (κ1) is 61.9. The highest BCUT2D eigenvalue weighted by Crippen LogP contribution is 2.14. The maximum atomic E-state index is 12.8. The first-order valence-electron chi connectivity index (χ1n) is 27.5. The lowest BCUT2D eigenvalue weighted by Gasteiger charge is -2.18. The molecular weight excluding hydrogens is 805 g/mol. The van der Waals surface area contributed by atoms with Crippen molar-refractivity contribution in [1.82, 2.24) is 0 Å². The van der Waals surface area contributed by atoms with Crippen LogP contribution in [0.2, 0.25) is 0 Å². The first-order chi connectivity index (χ1) is 32.0. The van der Waals surface area contributed by atoms with Crippen LogP contribution in [0.1, 0.15) is 265 Å². The van der Waals surface area contributed by atoms with Crippen LogP contribution in [-0.4, -0.2) is 37.2 Å². The van der Waals surface area contributed by atoms with Gasteiger partial charge in [-0.05, 0) is 103 Å². The van der Waals surface area contributed by atoms with E-state index in [0.29, 0.717) is 19.3 Å². The molecule has 1 unspecified atom stereocenters. The Morgan fingerprint density at radius 3 is 1.08 bits per heavy atom. The third-order valence-electron chi connectivity index (χ3n) is 11.7. The number of carbonyl (C=O) groups is 3. The molecule has 0 aliphatic heterocycles. The van der Waals surface area contributed by atoms with Gasteiger partial charge in [0.25, 0.3) is 0 Å². The number of esters is 3. The van der Waals surface area contributed by atoms with E-state index in [1.54, 1.807) is 0 Å². The fraction of sp³-hybridized carbons (Fsp3) is 0.746. The van der Waals surface area contributed by atoms with Crippen molar-refractivity contribution < 1.29 is 28.6 Å². The predicted molar refractivity (Wildman–Crippen MR) is 279 cm³/mol. The van der Waals surface area contributed by atoms with Gasteiger partial charge < -0.3 is 14.2 Å². The van der Waals surface area contributed by atoms with E-state index in [4.69, 9.17) is 14.2 Å². The summed E-state index contributed by atoms with van der Waals surface area (Å²) in [6.45, 7) is 6.48. The number of ether oxygens (including phenoxy) is 3. The van der Waals surface area contributed by atoms with E-state index >= 15 is 0 Å². The summed E-state index contributed by atoms with van der Waals surface area (Å²) in [5, 5.41) is 0. The molecule has 0 heterocycles. The minimum absolute atomic E-state index is 0.0924. The number of hydrogen-bond donors (Lipinski definition) is 0. The zero-order chi connectivity index (χ0) is 47.2. The minimum atomic E-state index is -0.796. The van der Waals surface area contributed by atoms with Gasteiger partial charge in [0.2, 0.25) is 0 Å². The second-order valence-electron chi connectivity index (χ2n) is 18.1. The first-order valence-corrected chi connectivity index (χ1v) is 27.5. The lowest BCUT2D eigenvalue weighted by atomic mass is 10.1. The summed E-state index contributed by atoms with van der Waals surface area (Å²) in [6, 6.07) is 0. The Bertz CT molecular complexity index is 1230. The van der Waals surface area contributed by atoms with Crippen LogP contribution >= 0.6 is 0 Å². The van der Waals surface area contributed by atoms with Gasteiger partial charge in [-0.3, -0.25) is 14.4 Å². The van der Waals surface area contributed by atoms with E-state index in [2.05, 4.69) is 93.7 Å². The molecular formula is C59H102O6. The Morgan fingerprint density at radius 2 is 0.646 bits per heavy atom. The Kier molecular flexibility index (Phi) is 50.9. The minimum Gasteiger partial charge on any atom is -0.462 e. The van der Waals surface area contributed by atoms with Crippen molar-refractivity contribution in [3.63, 3.8) is 0 Å². The third kappa shape index (κ3) is 51.7. The maximum Gasteiger partial charge on any atom is 0.306 e. The smallest absolute Gasteiger partial charge is 0.306 e. The Balaban J connectivity index is 4.45. The summed E-state index contributed by atoms with van der Waals surface area (Å²) in [4.78, 5) is 38.1. The van der Waals surface area contributed by atoms with E-state index in [-0.39, 0.29) is 31.1 Å². The van der Waals surface area contributed by atoms with Crippen molar-refractivity contribution in [3.05, 3.63) is 72.9 Å². The summed E-state index contributed by atoms with van der Waals surface area (Å²) in [5.74, 6) is -0.932. The standard InChI is InChI=1S/C59H102O6/c1-4-7-10-13-16-19-22-25-28-31-34-37-40-43-46-49-52-58(61)64-55-56(54-63-57(60)51-48-45-42-39-36-33-30-27-24-21-18-15-12-9-6-3)65-59(62)53-50-47-44-41-38-35-32-29-26-23-20-17-14-11-8-5-2/h7,10,16,19,21,24-25,28-29,32,35,38,56H,4-6,8-9,11-15,17-18,20,22-23,26-27,30-31,33-34,36-37,39-55H2,1-3H3/b10-7-,19-16-,24-21-,28-25-,32-29-,38-35-. The van der Waals surface area contributed by atoms with Gasteiger partial charge in [-0.15, -0.1) is 0 Å². The summed E-state index contributed by atoms with van der Waals surface area (Å²) in [7, 11) is 0. The van der Waals surface area contributed by atoms with Crippen molar-refractivity contribution >= 4 is 17.9 Å². The number of carbonyl (C=O) groups excluding carboxylic acids is 3. The van der Waals surface area contributed by atoms with Crippen molar-refractivity contribution in [2.75, 3.05) is 13.2 Å². The van der Waals surface area contributed by atoms with Gasteiger partial charge in [0.1, 0.15) is 13.2 Å². The molecule has 0 spiro atoms. The molecule has 374 valence electrons. The highest BCUT2D eigenvalue weighted by Gasteiger charge is 2.19. The number of unbranched alkanes of at least 4 members (excludes halogenated alkanes) is 27. The molecule has 6 nitrogen and oxygen atoms in total. The van der Waals surface area contributed by atoms with Crippen LogP contribution in [0, 0.1) is 0 Å². The molecule has 6 heteroatoms. The molecule has 0 saturated carbocycles. The summed E-state index contributed by atoms with van der Waals surface area (Å²) >= 11 is 0. The monoisotopic (exact) mass is 907 g/mol. The van der Waals surface area contributed by atoms with Gasteiger partial charge in [0.05, 0.1) is 0 Å². The van der Waals surface area contributed by atoms with Crippen molar-refractivity contribution in [2.24, 2.45) is 0 Å². The molecule has 0 N–H and O–H groups in total. The lowest BCUT2D eigenvalue weighted by molar-refractivity contribution is -0.167. The molecule has 0 amide bonds. The number of allylic oxidation sites excluding steroid dienone is 12. The van der Waals surface area contributed by atoms with E-state index < -0.39 is 6.10 Å². The molecule has 0 aromatic heterocycles. The second-order valence-corrected chi connectivity index (χ2v) is 18.1. The fourth-order valence-electron chi connectivity index (χ4n) is 7.56. The van der Waals surface area contributed by atoms with Crippen LogP contribution in [0.15, 0.2) is 72.9 Å². The van der Waals surface area contributed by atoms with E-state index in [1.807, 2.05) is 0 Å².